The highest BCUT2D eigenvalue weighted by Crippen LogP contribution is 2.12. The number of benzene rings is 1. The molecule has 4 rings (SSSR count). The first-order chi connectivity index (χ1) is 13.8. The van der Waals surface area contributed by atoms with Crippen LogP contribution >= 0.6 is 0 Å². The van der Waals surface area contributed by atoms with E-state index in [0.29, 0.717) is 0 Å². The van der Waals surface area contributed by atoms with Crippen molar-refractivity contribution >= 4 is 6.03 Å². The number of piperazine rings is 2. The number of nitrogens with zero attached hydrogens (tertiary/aromatic N) is 7. The lowest BCUT2D eigenvalue weighted by atomic mass is 10.2. The van der Waals surface area contributed by atoms with Gasteiger partial charge in [-0.2, -0.15) is 5.10 Å². The maximum atomic E-state index is 12.9. The second-order valence-corrected chi connectivity index (χ2v) is 7.52. The monoisotopic (exact) mass is 383 g/mol. The van der Waals surface area contributed by atoms with E-state index >= 15 is 0 Å². The molecular formula is C20H29N7O. The molecule has 8 nitrogen and oxygen atoms in total. The molecule has 0 bridgehead atoms. The number of hydrogen-bond acceptors (Lipinski definition) is 5. The minimum Gasteiger partial charge on any atom is -0.322 e. The zero-order chi connectivity index (χ0) is 19.2. The van der Waals surface area contributed by atoms with Gasteiger partial charge in [-0.3, -0.25) is 14.5 Å². The summed E-state index contributed by atoms with van der Waals surface area (Å²) in [6.45, 7) is 9.74. The highest BCUT2D eigenvalue weighted by atomic mass is 16.2. The molecule has 2 aromatic rings. The third-order valence-corrected chi connectivity index (χ3v) is 5.65. The summed E-state index contributed by atoms with van der Waals surface area (Å²) < 4.78 is 1.85. The minimum absolute atomic E-state index is 0.204. The van der Waals surface area contributed by atoms with Crippen LogP contribution in [0, 0.1) is 0 Å². The van der Waals surface area contributed by atoms with Crippen LogP contribution in [-0.4, -0.2) is 99.3 Å². The van der Waals surface area contributed by atoms with Crippen LogP contribution in [-0.2, 0) is 13.1 Å². The van der Waals surface area contributed by atoms with Gasteiger partial charge in [-0.15, -0.1) is 0 Å². The van der Waals surface area contributed by atoms with Gasteiger partial charge in [0.05, 0.1) is 6.54 Å². The van der Waals surface area contributed by atoms with Crippen molar-refractivity contribution in [2.24, 2.45) is 0 Å². The molecule has 8 heteroatoms. The van der Waals surface area contributed by atoms with Gasteiger partial charge in [0.25, 0.3) is 0 Å². The summed E-state index contributed by atoms with van der Waals surface area (Å²) in [5.41, 5.74) is 1.34. The van der Waals surface area contributed by atoms with Crippen LogP contribution in [0.4, 0.5) is 4.79 Å². The zero-order valence-electron chi connectivity index (χ0n) is 16.4. The van der Waals surface area contributed by atoms with Crippen LogP contribution < -0.4 is 0 Å². The second-order valence-electron chi connectivity index (χ2n) is 7.52. The van der Waals surface area contributed by atoms with Crippen LogP contribution in [0.25, 0.3) is 0 Å². The normalized spacial score (nSPS) is 19.1. The van der Waals surface area contributed by atoms with E-state index in [1.165, 1.54) is 5.56 Å². The van der Waals surface area contributed by atoms with Crippen molar-refractivity contribution in [3.05, 3.63) is 48.5 Å². The Morgan fingerprint density at radius 1 is 0.821 bits per heavy atom. The lowest BCUT2D eigenvalue weighted by Gasteiger charge is -2.40. The fourth-order valence-corrected chi connectivity index (χ4v) is 3.89. The summed E-state index contributed by atoms with van der Waals surface area (Å²) in [6, 6.07) is 10.8. The summed E-state index contributed by atoms with van der Waals surface area (Å²) >= 11 is 0. The van der Waals surface area contributed by atoms with E-state index in [1.807, 2.05) is 14.5 Å². The smallest absolute Gasteiger partial charge is 0.320 e. The molecule has 2 fully saturated rings. The Balaban J connectivity index is 1.17. The first kappa shape index (κ1) is 18.9. The number of hydrogen-bond donors (Lipinski definition) is 0. The molecule has 2 amide bonds. The molecule has 0 N–H and O–H groups in total. The number of amides is 2. The number of carbonyl (C=O) groups is 1. The van der Waals surface area contributed by atoms with Gasteiger partial charge in [0, 0.05) is 65.4 Å². The van der Waals surface area contributed by atoms with Crippen molar-refractivity contribution in [1.82, 2.24) is 34.4 Å². The fourth-order valence-electron chi connectivity index (χ4n) is 3.89. The maximum Gasteiger partial charge on any atom is 0.320 e. The minimum atomic E-state index is 0.204. The van der Waals surface area contributed by atoms with E-state index in [9.17, 15) is 4.79 Å². The van der Waals surface area contributed by atoms with Gasteiger partial charge in [0.15, 0.2) is 0 Å². The summed E-state index contributed by atoms with van der Waals surface area (Å²) in [5, 5.41) is 4.14. The molecule has 0 unspecified atom stereocenters. The summed E-state index contributed by atoms with van der Waals surface area (Å²) in [5.74, 6) is 0. The molecular weight excluding hydrogens is 354 g/mol. The Morgan fingerprint density at radius 2 is 1.46 bits per heavy atom. The third kappa shape index (κ3) is 4.88. The molecule has 150 valence electrons. The first-order valence-corrected chi connectivity index (χ1v) is 10.1. The van der Waals surface area contributed by atoms with Gasteiger partial charge in [0.1, 0.15) is 12.7 Å². The molecule has 0 aliphatic carbocycles. The third-order valence-electron chi connectivity index (χ3n) is 5.65. The lowest BCUT2D eigenvalue weighted by Crippen LogP contribution is -2.56. The number of rotatable bonds is 5. The second kappa shape index (κ2) is 9.16. The molecule has 0 spiro atoms. The predicted octanol–water partition coefficient (Wildman–Crippen LogP) is 0.834. The maximum absolute atomic E-state index is 12.9. The average molecular weight is 384 g/mol. The van der Waals surface area contributed by atoms with E-state index in [-0.39, 0.29) is 6.03 Å². The van der Waals surface area contributed by atoms with E-state index in [2.05, 4.69) is 50.2 Å². The molecule has 2 saturated heterocycles. The number of aromatic nitrogens is 3. The van der Waals surface area contributed by atoms with Gasteiger partial charge in [-0.25, -0.2) is 9.78 Å². The largest absolute Gasteiger partial charge is 0.322 e. The van der Waals surface area contributed by atoms with Crippen LogP contribution in [0.3, 0.4) is 0 Å². The lowest BCUT2D eigenvalue weighted by molar-refractivity contribution is 0.0875. The van der Waals surface area contributed by atoms with E-state index in [1.54, 1.807) is 12.7 Å². The highest BCUT2D eigenvalue weighted by molar-refractivity contribution is 5.74. The van der Waals surface area contributed by atoms with Crippen molar-refractivity contribution in [1.29, 1.82) is 0 Å². The summed E-state index contributed by atoms with van der Waals surface area (Å²) in [6.07, 6.45) is 3.31. The Labute approximate surface area is 166 Å². The Bertz CT molecular complexity index is 720. The summed E-state index contributed by atoms with van der Waals surface area (Å²) in [7, 11) is 0. The molecule has 0 atom stereocenters. The van der Waals surface area contributed by atoms with Crippen molar-refractivity contribution in [3.8, 4) is 0 Å². The van der Waals surface area contributed by atoms with Crippen molar-refractivity contribution in [2.45, 2.75) is 13.1 Å². The molecule has 3 heterocycles. The molecule has 0 radical (unpaired) electrons. The SMILES string of the molecule is O=C(N1CCN(CCn2cncn2)CC1)N1CCN(Cc2ccccc2)CC1. The standard InChI is InChI=1S/C20H29N7O/c28-20(25-11-6-23(7-12-25)10-15-27-18-21-17-22-27)26-13-8-24(9-14-26)16-19-4-2-1-3-5-19/h1-5,17-18H,6-16H2. The van der Waals surface area contributed by atoms with Crippen LogP contribution in [0.15, 0.2) is 43.0 Å². The molecule has 2 aliphatic heterocycles. The van der Waals surface area contributed by atoms with E-state index in [0.717, 1.165) is 72.0 Å². The highest BCUT2D eigenvalue weighted by Gasteiger charge is 2.27. The van der Waals surface area contributed by atoms with Gasteiger partial charge in [0.2, 0.25) is 0 Å². The number of urea groups is 1. The van der Waals surface area contributed by atoms with Crippen LogP contribution in [0.2, 0.25) is 0 Å². The molecule has 0 saturated carbocycles. The van der Waals surface area contributed by atoms with Crippen LogP contribution in [0.1, 0.15) is 5.56 Å². The first-order valence-electron chi connectivity index (χ1n) is 10.1. The molecule has 2 aliphatic rings. The van der Waals surface area contributed by atoms with Crippen molar-refractivity contribution in [2.75, 3.05) is 58.9 Å². The Morgan fingerprint density at radius 3 is 2.07 bits per heavy atom. The van der Waals surface area contributed by atoms with Gasteiger partial charge in [-0.1, -0.05) is 30.3 Å². The molecule has 1 aromatic heterocycles. The topological polar surface area (TPSA) is 60.7 Å². The Hall–Kier alpha value is -2.45. The van der Waals surface area contributed by atoms with Gasteiger partial charge < -0.3 is 9.80 Å². The summed E-state index contributed by atoms with van der Waals surface area (Å²) in [4.78, 5) is 25.7. The fraction of sp³-hybridized carbons (Fsp3) is 0.550. The Kier molecular flexibility index (Phi) is 6.18. The predicted molar refractivity (Wildman–Crippen MR) is 107 cm³/mol. The van der Waals surface area contributed by atoms with E-state index < -0.39 is 0 Å². The zero-order valence-corrected chi connectivity index (χ0v) is 16.4. The van der Waals surface area contributed by atoms with Crippen LogP contribution in [0.5, 0.6) is 0 Å². The van der Waals surface area contributed by atoms with E-state index in [4.69, 9.17) is 0 Å². The number of carbonyl (C=O) groups excluding carboxylic acids is 1. The van der Waals surface area contributed by atoms with Gasteiger partial charge >= 0.3 is 6.03 Å². The molecule has 1 aromatic carbocycles. The van der Waals surface area contributed by atoms with Crippen molar-refractivity contribution in [3.63, 3.8) is 0 Å². The van der Waals surface area contributed by atoms with Gasteiger partial charge in [-0.05, 0) is 5.56 Å². The molecule has 28 heavy (non-hydrogen) atoms. The van der Waals surface area contributed by atoms with Crippen molar-refractivity contribution < 1.29 is 4.79 Å². The quantitative estimate of drug-likeness (QED) is 0.766. The average Bonchev–Trinajstić information content (AvgIpc) is 3.27.